The lowest BCUT2D eigenvalue weighted by Gasteiger charge is -2.22. The van der Waals surface area contributed by atoms with Crippen molar-refractivity contribution in [2.75, 3.05) is 0 Å². The molecular formula is C28H33N5O3S. The molecule has 0 aliphatic rings. The van der Waals surface area contributed by atoms with Gasteiger partial charge in [0.2, 0.25) is 11.8 Å². The van der Waals surface area contributed by atoms with E-state index in [1.54, 1.807) is 56.9 Å². The van der Waals surface area contributed by atoms with Gasteiger partial charge in [0.1, 0.15) is 11.3 Å². The van der Waals surface area contributed by atoms with Crippen LogP contribution in [0.15, 0.2) is 65.8 Å². The van der Waals surface area contributed by atoms with Crippen LogP contribution in [0.3, 0.4) is 0 Å². The summed E-state index contributed by atoms with van der Waals surface area (Å²) in [6.45, 7) is 11.5. The van der Waals surface area contributed by atoms with E-state index in [4.69, 9.17) is 20.3 Å². The van der Waals surface area contributed by atoms with E-state index in [0.717, 1.165) is 11.1 Å². The van der Waals surface area contributed by atoms with Crippen LogP contribution in [-0.2, 0) is 9.47 Å². The molecule has 37 heavy (non-hydrogen) atoms. The van der Waals surface area contributed by atoms with Crippen LogP contribution < -0.4 is 5.32 Å². The van der Waals surface area contributed by atoms with Crippen LogP contribution in [0.4, 0.5) is 4.79 Å². The monoisotopic (exact) mass is 519 g/mol. The Labute approximate surface area is 222 Å². The van der Waals surface area contributed by atoms with E-state index in [2.05, 4.69) is 29.1 Å². The summed E-state index contributed by atoms with van der Waals surface area (Å²) < 4.78 is 10.8. The number of thioether (sulfide) groups is 1. The zero-order valence-corrected chi connectivity index (χ0v) is 22.8. The number of ether oxygens (including phenoxy) is 2. The first kappa shape index (κ1) is 27.9. The van der Waals surface area contributed by atoms with Gasteiger partial charge in [-0.05, 0) is 57.5 Å². The molecule has 9 heteroatoms. The molecule has 0 saturated carbocycles. The number of nitrogens with zero attached hydrogens (tertiary/aromatic N) is 2. The van der Waals surface area contributed by atoms with Crippen molar-refractivity contribution >= 4 is 29.7 Å². The number of hydrogen-bond acceptors (Lipinski definition) is 8. The van der Waals surface area contributed by atoms with Crippen LogP contribution in [0.1, 0.15) is 64.4 Å². The summed E-state index contributed by atoms with van der Waals surface area (Å²) in [5.74, 6) is -0.491. The summed E-state index contributed by atoms with van der Waals surface area (Å²) in [6.07, 6.45) is 2.55. The molecule has 0 bridgehead atoms. The quantitative estimate of drug-likeness (QED) is 0.184. The molecule has 194 valence electrons. The average molecular weight is 520 g/mol. The van der Waals surface area contributed by atoms with Crippen LogP contribution in [0, 0.1) is 10.8 Å². The van der Waals surface area contributed by atoms with Gasteiger partial charge in [0, 0.05) is 21.3 Å². The Morgan fingerprint density at radius 1 is 1.00 bits per heavy atom. The fourth-order valence-corrected chi connectivity index (χ4v) is 4.16. The van der Waals surface area contributed by atoms with Gasteiger partial charge in [-0.25, -0.2) is 9.78 Å². The van der Waals surface area contributed by atoms with Gasteiger partial charge in [0.05, 0.1) is 24.1 Å². The molecule has 1 heterocycles. The molecule has 0 aliphatic heterocycles. The Morgan fingerprint density at radius 2 is 1.70 bits per heavy atom. The molecule has 1 atom stereocenters. The minimum absolute atomic E-state index is 0.210. The number of carbonyl (C=O) groups excluding carboxylic acids is 1. The highest BCUT2D eigenvalue weighted by Gasteiger charge is 2.19. The summed E-state index contributed by atoms with van der Waals surface area (Å²) in [4.78, 5) is 22.0. The summed E-state index contributed by atoms with van der Waals surface area (Å²) in [5, 5.41) is 20.0. The minimum atomic E-state index is -0.599. The average Bonchev–Trinajstić information content (AvgIpc) is 2.83. The van der Waals surface area contributed by atoms with Gasteiger partial charge in [-0.1, -0.05) is 38.1 Å². The largest absolute Gasteiger partial charge is 0.444 e. The van der Waals surface area contributed by atoms with Crippen molar-refractivity contribution < 1.29 is 14.3 Å². The van der Waals surface area contributed by atoms with Gasteiger partial charge in [-0.3, -0.25) is 15.8 Å². The lowest BCUT2D eigenvalue weighted by Crippen LogP contribution is -2.34. The Bertz CT molecular complexity index is 1270. The Balaban J connectivity index is 1.68. The first-order chi connectivity index (χ1) is 17.4. The van der Waals surface area contributed by atoms with Gasteiger partial charge in [-0.15, -0.1) is 11.8 Å². The van der Waals surface area contributed by atoms with Crippen LogP contribution in [0.2, 0.25) is 0 Å². The van der Waals surface area contributed by atoms with Crippen molar-refractivity contribution in [3.63, 3.8) is 0 Å². The topological polar surface area (TPSA) is 121 Å². The molecule has 3 rings (SSSR count). The number of nitrogens with one attached hydrogen (secondary N) is 3. The molecular weight excluding hydrogens is 486 g/mol. The van der Waals surface area contributed by atoms with Gasteiger partial charge < -0.3 is 14.8 Å². The van der Waals surface area contributed by atoms with Crippen molar-refractivity contribution in [2.45, 2.75) is 63.3 Å². The van der Waals surface area contributed by atoms with E-state index in [0.29, 0.717) is 16.5 Å². The molecule has 0 radical (unpaired) electrons. The number of carbonyl (C=O) groups is 1. The summed E-state index contributed by atoms with van der Waals surface area (Å²) in [5.41, 5.74) is 2.34. The molecule has 2 aromatic carbocycles. The van der Waals surface area contributed by atoms with Crippen molar-refractivity contribution in [1.82, 2.24) is 15.3 Å². The first-order valence-electron chi connectivity index (χ1n) is 12.0. The number of benzene rings is 2. The van der Waals surface area contributed by atoms with Crippen LogP contribution in [0.25, 0.3) is 11.3 Å². The predicted octanol–water partition coefficient (Wildman–Crippen LogP) is 6.60. The third kappa shape index (κ3) is 8.42. The van der Waals surface area contributed by atoms with E-state index in [1.807, 2.05) is 37.3 Å². The standard InChI is InChI=1S/C28H33N5O3S/c1-17(2)37-22-12-10-19(11-13-22)23-15-31-16-24(33-23)26(30)35-25(29)21-9-7-8-20(14-21)18(3)32-27(34)36-28(4,5)6/h7-18,29-30H,1-6H3,(H,32,34). The SMILES string of the molecule is CC(C)Sc1ccc(-c2cncc(C(=N)OC(=N)c3cccc(C(C)NC(=O)OC(C)(C)C)c3)n2)cc1. The van der Waals surface area contributed by atoms with Crippen molar-refractivity contribution in [1.29, 1.82) is 10.8 Å². The maximum absolute atomic E-state index is 12.1. The molecule has 0 spiro atoms. The lowest BCUT2D eigenvalue weighted by atomic mass is 10.1. The second-order valence-electron chi connectivity index (χ2n) is 9.73. The normalized spacial score (nSPS) is 12.1. The van der Waals surface area contributed by atoms with Gasteiger partial charge >= 0.3 is 6.09 Å². The number of rotatable bonds is 7. The van der Waals surface area contributed by atoms with E-state index < -0.39 is 11.7 Å². The highest BCUT2D eigenvalue weighted by Crippen LogP contribution is 2.26. The first-order valence-corrected chi connectivity index (χ1v) is 12.8. The summed E-state index contributed by atoms with van der Waals surface area (Å²) >= 11 is 1.78. The number of amides is 1. The maximum Gasteiger partial charge on any atom is 0.408 e. The molecule has 8 nitrogen and oxygen atoms in total. The highest BCUT2D eigenvalue weighted by atomic mass is 32.2. The second kappa shape index (κ2) is 12.0. The predicted molar refractivity (Wildman–Crippen MR) is 147 cm³/mol. The number of hydrogen-bond donors (Lipinski definition) is 3. The minimum Gasteiger partial charge on any atom is -0.444 e. The third-order valence-corrected chi connectivity index (χ3v) is 5.99. The molecule has 1 amide bonds. The zero-order valence-electron chi connectivity index (χ0n) is 22.0. The van der Waals surface area contributed by atoms with Crippen molar-refractivity contribution in [3.05, 3.63) is 77.7 Å². The smallest absolute Gasteiger partial charge is 0.408 e. The van der Waals surface area contributed by atoms with Gasteiger partial charge in [-0.2, -0.15) is 0 Å². The molecule has 1 aromatic heterocycles. The fraction of sp³-hybridized carbons (Fsp3) is 0.321. The molecule has 3 aromatic rings. The fourth-order valence-electron chi connectivity index (χ4n) is 3.32. The molecule has 1 unspecified atom stereocenters. The zero-order chi connectivity index (χ0) is 27.2. The van der Waals surface area contributed by atoms with E-state index in [-0.39, 0.29) is 23.5 Å². The molecule has 0 aliphatic carbocycles. The van der Waals surface area contributed by atoms with E-state index >= 15 is 0 Å². The van der Waals surface area contributed by atoms with Crippen LogP contribution in [0.5, 0.6) is 0 Å². The Hall–Kier alpha value is -3.72. The maximum atomic E-state index is 12.1. The van der Waals surface area contributed by atoms with Crippen LogP contribution >= 0.6 is 11.8 Å². The second-order valence-corrected chi connectivity index (χ2v) is 11.4. The van der Waals surface area contributed by atoms with Crippen LogP contribution in [-0.4, -0.2) is 38.7 Å². The number of alkyl carbamates (subject to hydrolysis) is 1. The van der Waals surface area contributed by atoms with Crippen molar-refractivity contribution in [2.24, 2.45) is 0 Å². The molecule has 0 saturated heterocycles. The third-order valence-electron chi connectivity index (χ3n) is 4.98. The Morgan fingerprint density at radius 3 is 2.35 bits per heavy atom. The van der Waals surface area contributed by atoms with Gasteiger partial charge in [0.25, 0.3) is 0 Å². The Kier molecular flexibility index (Phi) is 9.04. The van der Waals surface area contributed by atoms with Crippen molar-refractivity contribution in [3.8, 4) is 11.3 Å². The molecule has 3 N–H and O–H groups in total. The highest BCUT2D eigenvalue weighted by molar-refractivity contribution is 7.99. The van der Waals surface area contributed by atoms with E-state index in [1.165, 1.54) is 11.1 Å². The summed E-state index contributed by atoms with van der Waals surface area (Å²) in [7, 11) is 0. The molecule has 0 fully saturated rings. The lowest BCUT2D eigenvalue weighted by molar-refractivity contribution is 0.0508. The summed E-state index contributed by atoms with van der Waals surface area (Å²) in [6, 6.07) is 14.7. The van der Waals surface area contributed by atoms with E-state index in [9.17, 15) is 4.79 Å². The van der Waals surface area contributed by atoms with Gasteiger partial charge in [0.15, 0.2) is 0 Å². The number of aromatic nitrogens is 2.